The molecule has 1 saturated heterocycles. The monoisotopic (exact) mass is 217 g/mol. The summed E-state index contributed by atoms with van der Waals surface area (Å²) >= 11 is 0. The number of aromatic nitrogens is 2. The van der Waals surface area contributed by atoms with Gasteiger partial charge in [-0.1, -0.05) is 6.92 Å². The largest absolute Gasteiger partial charge is 0.354 e. The van der Waals surface area contributed by atoms with Crippen molar-refractivity contribution in [3.63, 3.8) is 0 Å². The Kier molecular flexibility index (Phi) is 3.02. The molecular weight excluding hydrogens is 202 g/mol. The van der Waals surface area contributed by atoms with E-state index in [-0.39, 0.29) is 6.04 Å². The first-order chi connectivity index (χ1) is 7.69. The highest BCUT2D eigenvalue weighted by atomic mass is 15.2. The van der Waals surface area contributed by atoms with E-state index in [9.17, 15) is 0 Å². The number of hydrogen-bond donors (Lipinski definition) is 1. The zero-order chi connectivity index (χ0) is 11.5. The number of nitriles is 1. The van der Waals surface area contributed by atoms with Crippen molar-refractivity contribution < 1.29 is 0 Å². The third-order valence-electron chi connectivity index (χ3n) is 2.77. The number of nitrogens with two attached hydrogens (primary N) is 1. The highest BCUT2D eigenvalue weighted by Gasteiger charge is 2.23. The molecule has 2 rings (SSSR count). The van der Waals surface area contributed by atoms with Crippen LogP contribution in [0.4, 0.5) is 5.82 Å². The van der Waals surface area contributed by atoms with Crippen LogP contribution < -0.4 is 10.6 Å². The molecule has 0 aliphatic carbocycles. The summed E-state index contributed by atoms with van der Waals surface area (Å²) in [6.45, 7) is 3.95. The van der Waals surface area contributed by atoms with Crippen LogP contribution in [0.25, 0.3) is 0 Å². The summed E-state index contributed by atoms with van der Waals surface area (Å²) in [7, 11) is 0. The second kappa shape index (κ2) is 4.45. The second-order valence-corrected chi connectivity index (χ2v) is 4.38. The summed E-state index contributed by atoms with van der Waals surface area (Å²) in [4.78, 5) is 10.4. The minimum Gasteiger partial charge on any atom is -0.354 e. The number of hydrogen-bond acceptors (Lipinski definition) is 5. The number of rotatable bonds is 1. The average molecular weight is 217 g/mol. The van der Waals surface area contributed by atoms with Crippen LogP contribution >= 0.6 is 0 Å². The summed E-state index contributed by atoms with van der Waals surface area (Å²) in [5, 5.41) is 8.64. The SMILES string of the molecule is CC1CC(N)CN(c2cnc(C#N)cn2)C1. The predicted octanol–water partition coefficient (Wildman–Crippen LogP) is 0.522. The number of piperidine rings is 1. The van der Waals surface area contributed by atoms with Crippen molar-refractivity contribution in [1.29, 1.82) is 5.26 Å². The first kappa shape index (κ1) is 10.8. The molecule has 16 heavy (non-hydrogen) atoms. The van der Waals surface area contributed by atoms with Crippen molar-refractivity contribution in [3.05, 3.63) is 18.1 Å². The molecule has 0 saturated carbocycles. The lowest BCUT2D eigenvalue weighted by Gasteiger charge is -2.35. The maximum atomic E-state index is 8.64. The summed E-state index contributed by atoms with van der Waals surface area (Å²) in [6.07, 6.45) is 4.20. The van der Waals surface area contributed by atoms with E-state index in [2.05, 4.69) is 21.8 Å². The van der Waals surface area contributed by atoms with Gasteiger partial charge in [0.25, 0.3) is 0 Å². The molecule has 2 N–H and O–H groups in total. The van der Waals surface area contributed by atoms with Crippen LogP contribution in [-0.2, 0) is 0 Å². The number of anilines is 1. The molecule has 2 atom stereocenters. The predicted molar refractivity (Wildman–Crippen MR) is 60.7 cm³/mol. The quantitative estimate of drug-likeness (QED) is 0.742. The van der Waals surface area contributed by atoms with Gasteiger partial charge in [0.15, 0.2) is 5.69 Å². The van der Waals surface area contributed by atoms with E-state index in [0.29, 0.717) is 11.6 Å². The lowest BCUT2D eigenvalue weighted by Crippen LogP contribution is -2.46. The highest BCUT2D eigenvalue weighted by Crippen LogP contribution is 2.19. The summed E-state index contributed by atoms with van der Waals surface area (Å²) in [6, 6.07) is 2.15. The van der Waals surface area contributed by atoms with Gasteiger partial charge in [0, 0.05) is 19.1 Å². The van der Waals surface area contributed by atoms with E-state index >= 15 is 0 Å². The smallest absolute Gasteiger partial charge is 0.158 e. The molecule has 84 valence electrons. The van der Waals surface area contributed by atoms with Gasteiger partial charge in [0.05, 0.1) is 12.4 Å². The third kappa shape index (κ3) is 2.28. The molecule has 1 fully saturated rings. The highest BCUT2D eigenvalue weighted by molar-refractivity contribution is 5.38. The summed E-state index contributed by atoms with van der Waals surface area (Å²) in [5.74, 6) is 1.38. The van der Waals surface area contributed by atoms with E-state index < -0.39 is 0 Å². The first-order valence-corrected chi connectivity index (χ1v) is 5.41. The van der Waals surface area contributed by atoms with E-state index in [1.54, 1.807) is 6.20 Å². The Hall–Kier alpha value is -1.67. The first-order valence-electron chi connectivity index (χ1n) is 5.41. The van der Waals surface area contributed by atoms with Gasteiger partial charge in [-0.25, -0.2) is 9.97 Å². The third-order valence-corrected chi connectivity index (χ3v) is 2.77. The molecule has 0 bridgehead atoms. The second-order valence-electron chi connectivity index (χ2n) is 4.38. The van der Waals surface area contributed by atoms with E-state index in [1.807, 2.05) is 6.07 Å². The van der Waals surface area contributed by atoms with Crippen LogP contribution in [0.1, 0.15) is 19.0 Å². The summed E-state index contributed by atoms with van der Waals surface area (Å²) in [5.41, 5.74) is 6.31. The van der Waals surface area contributed by atoms with Gasteiger partial charge in [0.1, 0.15) is 11.9 Å². The van der Waals surface area contributed by atoms with E-state index in [0.717, 1.165) is 25.3 Å². The lowest BCUT2D eigenvalue weighted by molar-refractivity contribution is 0.399. The molecule has 1 aromatic rings. The molecule has 2 heterocycles. The molecule has 1 aliphatic rings. The standard InChI is InChI=1S/C11H15N5/c1-8-2-9(13)7-16(6-8)11-5-14-10(3-12)4-15-11/h4-5,8-9H,2,6-7,13H2,1H3. The fourth-order valence-electron chi connectivity index (χ4n) is 2.13. The Labute approximate surface area is 94.9 Å². The van der Waals surface area contributed by atoms with E-state index in [4.69, 9.17) is 11.0 Å². The number of nitrogens with zero attached hydrogens (tertiary/aromatic N) is 4. The van der Waals surface area contributed by atoms with Crippen LogP contribution in [0.15, 0.2) is 12.4 Å². The van der Waals surface area contributed by atoms with Gasteiger partial charge < -0.3 is 10.6 Å². The fourth-order valence-corrected chi connectivity index (χ4v) is 2.13. The molecule has 0 aromatic carbocycles. The molecule has 1 aliphatic heterocycles. The summed E-state index contributed by atoms with van der Waals surface area (Å²) < 4.78 is 0. The van der Waals surface area contributed by atoms with Crippen LogP contribution in [0.5, 0.6) is 0 Å². The Bertz CT molecular complexity index is 384. The topological polar surface area (TPSA) is 78.8 Å². The van der Waals surface area contributed by atoms with E-state index in [1.165, 1.54) is 6.20 Å². The van der Waals surface area contributed by atoms with Gasteiger partial charge in [-0.05, 0) is 12.3 Å². The van der Waals surface area contributed by atoms with Gasteiger partial charge in [-0.2, -0.15) is 5.26 Å². The van der Waals surface area contributed by atoms with Crippen molar-refractivity contribution in [2.24, 2.45) is 11.7 Å². The Morgan fingerprint density at radius 2 is 2.25 bits per heavy atom. The van der Waals surface area contributed by atoms with Crippen LogP contribution in [-0.4, -0.2) is 29.1 Å². The Morgan fingerprint density at radius 1 is 1.44 bits per heavy atom. The molecule has 0 spiro atoms. The van der Waals surface area contributed by atoms with Gasteiger partial charge in [0.2, 0.25) is 0 Å². The molecule has 1 aromatic heterocycles. The fraction of sp³-hybridized carbons (Fsp3) is 0.545. The molecular formula is C11H15N5. The van der Waals surface area contributed by atoms with Crippen LogP contribution in [0, 0.1) is 17.2 Å². The normalized spacial score (nSPS) is 25.2. The van der Waals surface area contributed by atoms with Crippen molar-refractivity contribution in [2.75, 3.05) is 18.0 Å². The van der Waals surface area contributed by atoms with Crippen LogP contribution in [0.2, 0.25) is 0 Å². The molecule has 5 nitrogen and oxygen atoms in total. The maximum Gasteiger partial charge on any atom is 0.158 e. The minimum atomic E-state index is 0.196. The maximum absolute atomic E-state index is 8.64. The minimum absolute atomic E-state index is 0.196. The molecule has 0 radical (unpaired) electrons. The van der Waals surface area contributed by atoms with Crippen molar-refractivity contribution in [2.45, 2.75) is 19.4 Å². The zero-order valence-electron chi connectivity index (χ0n) is 9.30. The average Bonchev–Trinajstić information content (AvgIpc) is 2.28. The van der Waals surface area contributed by atoms with Crippen molar-refractivity contribution in [3.8, 4) is 6.07 Å². The van der Waals surface area contributed by atoms with Gasteiger partial charge >= 0.3 is 0 Å². The van der Waals surface area contributed by atoms with Gasteiger partial charge in [-0.3, -0.25) is 0 Å². The molecule has 5 heteroatoms. The lowest BCUT2D eigenvalue weighted by atomic mass is 9.97. The van der Waals surface area contributed by atoms with Crippen molar-refractivity contribution in [1.82, 2.24) is 9.97 Å². The van der Waals surface area contributed by atoms with Gasteiger partial charge in [-0.15, -0.1) is 0 Å². The Balaban J connectivity index is 2.14. The zero-order valence-corrected chi connectivity index (χ0v) is 9.30. The molecule has 2 unspecified atom stereocenters. The molecule has 0 amide bonds. The van der Waals surface area contributed by atoms with Crippen molar-refractivity contribution >= 4 is 5.82 Å². The Morgan fingerprint density at radius 3 is 2.81 bits per heavy atom. The van der Waals surface area contributed by atoms with Crippen LogP contribution in [0.3, 0.4) is 0 Å².